The molecule has 4 rings (SSSR count). The molecule has 0 aliphatic carbocycles. The van der Waals surface area contributed by atoms with E-state index in [0.717, 1.165) is 17.0 Å². The smallest absolute Gasteiger partial charge is 0.253 e. The normalized spacial score (nSPS) is 16.6. The van der Waals surface area contributed by atoms with Crippen LogP contribution in [-0.4, -0.2) is 37.1 Å². The average Bonchev–Trinajstić information content (AvgIpc) is 3.41. The standard InChI is InChI=1S/C19H19N5O2S/c1-13-5-7-14(8-6-13)15-10-16(17-4-3-9-26-17)24(22-15)18(25)11-27-19-21-20-12-23(19)2/h3-9,12,16H,10-11H2,1-2H3/t16-/m1/s1. The lowest BCUT2D eigenvalue weighted by atomic mass is 10.0. The maximum absolute atomic E-state index is 12.9. The third-order valence-corrected chi connectivity index (χ3v) is 5.44. The molecule has 2 aromatic heterocycles. The minimum atomic E-state index is -0.233. The Balaban J connectivity index is 1.56. The van der Waals surface area contributed by atoms with E-state index in [4.69, 9.17) is 4.42 Å². The highest BCUT2D eigenvalue weighted by molar-refractivity contribution is 7.99. The molecule has 0 bridgehead atoms. The van der Waals surface area contributed by atoms with E-state index in [-0.39, 0.29) is 17.7 Å². The van der Waals surface area contributed by atoms with E-state index in [9.17, 15) is 4.79 Å². The fourth-order valence-electron chi connectivity index (χ4n) is 2.96. The first kappa shape index (κ1) is 17.5. The van der Waals surface area contributed by atoms with Crippen molar-refractivity contribution in [3.63, 3.8) is 0 Å². The molecule has 0 unspecified atom stereocenters. The molecule has 0 saturated carbocycles. The zero-order valence-corrected chi connectivity index (χ0v) is 15.9. The van der Waals surface area contributed by atoms with Crippen molar-refractivity contribution in [1.29, 1.82) is 0 Å². The number of hydrazone groups is 1. The summed E-state index contributed by atoms with van der Waals surface area (Å²) in [6.07, 6.45) is 3.86. The number of thioether (sulfide) groups is 1. The van der Waals surface area contributed by atoms with E-state index >= 15 is 0 Å². The van der Waals surface area contributed by atoms with Gasteiger partial charge < -0.3 is 8.98 Å². The van der Waals surface area contributed by atoms with Crippen LogP contribution >= 0.6 is 11.8 Å². The van der Waals surface area contributed by atoms with Gasteiger partial charge in [0.2, 0.25) is 0 Å². The number of furan rings is 1. The van der Waals surface area contributed by atoms with Crippen molar-refractivity contribution in [2.75, 3.05) is 5.75 Å². The van der Waals surface area contributed by atoms with Gasteiger partial charge in [-0.25, -0.2) is 5.01 Å². The van der Waals surface area contributed by atoms with Crippen LogP contribution in [0, 0.1) is 6.92 Å². The topological polar surface area (TPSA) is 76.5 Å². The van der Waals surface area contributed by atoms with E-state index in [1.165, 1.54) is 22.3 Å². The fourth-order valence-corrected chi connectivity index (χ4v) is 3.70. The maximum atomic E-state index is 12.9. The van der Waals surface area contributed by atoms with Crippen LogP contribution < -0.4 is 0 Å². The highest BCUT2D eigenvalue weighted by Gasteiger charge is 2.34. The summed E-state index contributed by atoms with van der Waals surface area (Å²) >= 11 is 1.35. The lowest BCUT2D eigenvalue weighted by Gasteiger charge is -2.19. The van der Waals surface area contributed by atoms with Gasteiger partial charge in [0.25, 0.3) is 5.91 Å². The Morgan fingerprint density at radius 2 is 2.11 bits per heavy atom. The molecule has 1 aliphatic heterocycles. The number of hydrogen-bond acceptors (Lipinski definition) is 6. The summed E-state index contributed by atoms with van der Waals surface area (Å²) in [5, 5.41) is 14.7. The van der Waals surface area contributed by atoms with Crippen LogP contribution in [0.2, 0.25) is 0 Å². The minimum Gasteiger partial charge on any atom is -0.467 e. The molecule has 1 amide bonds. The number of carbonyl (C=O) groups is 1. The minimum absolute atomic E-state index is 0.0912. The van der Waals surface area contributed by atoms with Gasteiger partial charge in [-0.3, -0.25) is 4.79 Å². The lowest BCUT2D eigenvalue weighted by molar-refractivity contribution is -0.130. The third kappa shape index (κ3) is 3.66. The van der Waals surface area contributed by atoms with Gasteiger partial charge in [-0.2, -0.15) is 5.10 Å². The Kier molecular flexibility index (Phi) is 4.81. The van der Waals surface area contributed by atoms with E-state index in [1.54, 1.807) is 17.2 Å². The number of aromatic nitrogens is 3. The van der Waals surface area contributed by atoms with E-state index < -0.39 is 0 Å². The van der Waals surface area contributed by atoms with Crippen molar-refractivity contribution in [3.8, 4) is 0 Å². The number of hydrogen-bond donors (Lipinski definition) is 0. The zero-order valence-electron chi connectivity index (χ0n) is 15.1. The molecule has 8 heteroatoms. The Hall–Kier alpha value is -2.87. The summed E-state index contributed by atoms with van der Waals surface area (Å²) in [6, 6.07) is 11.7. The van der Waals surface area contributed by atoms with Crippen molar-refractivity contribution < 1.29 is 9.21 Å². The molecular formula is C19H19N5O2S. The second-order valence-electron chi connectivity index (χ2n) is 6.40. The van der Waals surface area contributed by atoms with Gasteiger partial charge in [0.05, 0.1) is 17.7 Å². The first-order chi connectivity index (χ1) is 13.1. The molecule has 0 spiro atoms. The van der Waals surface area contributed by atoms with Crippen LogP contribution in [0.3, 0.4) is 0 Å². The lowest BCUT2D eigenvalue weighted by Crippen LogP contribution is -2.28. The van der Waals surface area contributed by atoms with Crippen molar-refractivity contribution >= 4 is 23.4 Å². The second kappa shape index (κ2) is 7.40. The molecule has 1 aliphatic rings. The monoisotopic (exact) mass is 381 g/mol. The SMILES string of the molecule is Cc1ccc(C2=NN(C(=O)CSc3nncn3C)[C@@H](c3ccco3)C2)cc1. The molecule has 0 saturated heterocycles. The van der Waals surface area contributed by atoms with E-state index in [2.05, 4.69) is 15.3 Å². The van der Waals surface area contributed by atoms with Gasteiger partial charge in [0.1, 0.15) is 18.1 Å². The fraction of sp³-hybridized carbons (Fsp3) is 0.263. The zero-order chi connectivity index (χ0) is 18.8. The van der Waals surface area contributed by atoms with E-state index in [1.807, 2.05) is 50.4 Å². The highest BCUT2D eigenvalue weighted by Crippen LogP contribution is 2.33. The first-order valence-electron chi connectivity index (χ1n) is 8.58. The van der Waals surface area contributed by atoms with Crippen LogP contribution in [0.15, 0.2) is 63.7 Å². The molecule has 3 heterocycles. The van der Waals surface area contributed by atoms with Crippen molar-refractivity contribution in [2.45, 2.75) is 24.5 Å². The van der Waals surface area contributed by atoms with Crippen LogP contribution in [-0.2, 0) is 11.8 Å². The average molecular weight is 381 g/mol. The maximum Gasteiger partial charge on any atom is 0.253 e. The number of amides is 1. The molecule has 0 radical (unpaired) electrons. The van der Waals surface area contributed by atoms with Gasteiger partial charge >= 0.3 is 0 Å². The summed E-state index contributed by atoms with van der Waals surface area (Å²) < 4.78 is 7.35. The van der Waals surface area contributed by atoms with Crippen molar-refractivity contribution in [3.05, 3.63) is 65.9 Å². The quantitative estimate of drug-likeness (QED) is 0.635. The number of aryl methyl sites for hydroxylation is 2. The summed E-state index contributed by atoms with van der Waals surface area (Å²) in [6.45, 7) is 2.05. The van der Waals surface area contributed by atoms with Gasteiger partial charge in [-0.1, -0.05) is 41.6 Å². The number of benzene rings is 1. The molecule has 7 nitrogen and oxygen atoms in total. The number of rotatable bonds is 5. The number of carbonyl (C=O) groups excluding carboxylic acids is 1. The molecule has 1 atom stereocenters. The molecule has 3 aromatic rings. The van der Waals surface area contributed by atoms with Gasteiger partial charge in [-0.15, -0.1) is 10.2 Å². The summed E-state index contributed by atoms with van der Waals surface area (Å²) in [5.74, 6) is 0.874. The van der Waals surface area contributed by atoms with Crippen molar-refractivity contribution in [1.82, 2.24) is 19.8 Å². The molecule has 138 valence electrons. The summed E-state index contributed by atoms with van der Waals surface area (Å²) in [5.41, 5.74) is 3.09. The van der Waals surface area contributed by atoms with Gasteiger partial charge in [0, 0.05) is 13.5 Å². The van der Waals surface area contributed by atoms with Crippen LogP contribution in [0.4, 0.5) is 0 Å². The van der Waals surface area contributed by atoms with Crippen LogP contribution in [0.1, 0.15) is 29.3 Å². The predicted molar refractivity (Wildman–Crippen MR) is 102 cm³/mol. The first-order valence-corrected chi connectivity index (χ1v) is 9.57. The molecule has 1 aromatic carbocycles. The molecule has 0 fully saturated rings. The molecule has 0 N–H and O–H groups in total. The summed E-state index contributed by atoms with van der Waals surface area (Å²) in [7, 11) is 1.85. The Labute approximate surface area is 161 Å². The largest absolute Gasteiger partial charge is 0.467 e. The second-order valence-corrected chi connectivity index (χ2v) is 7.34. The molecule has 27 heavy (non-hydrogen) atoms. The third-order valence-electron chi connectivity index (χ3n) is 4.42. The van der Waals surface area contributed by atoms with Gasteiger partial charge in [-0.05, 0) is 24.6 Å². The molecular weight excluding hydrogens is 362 g/mol. The number of nitrogens with zero attached hydrogens (tertiary/aromatic N) is 5. The Morgan fingerprint density at radius 3 is 2.78 bits per heavy atom. The van der Waals surface area contributed by atoms with E-state index in [0.29, 0.717) is 11.6 Å². The van der Waals surface area contributed by atoms with Crippen molar-refractivity contribution in [2.24, 2.45) is 12.1 Å². The van der Waals surface area contributed by atoms with Crippen LogP contribution in [0.25, 0.3) is 0 Å². The Morgan fingerprint density at radius 1 is 1.30 bits per heavy atom. The predicted octanol–water partition coefficient (Wildman–Crippen LogP) is 3.19. The summed E-state index contributed by atoms with van der Waals surface area (Å²) in [4.78, 5) is 12.9. The van der Waals surface area contributed by atoms with Gasteiger partial charge in [0.15, 0.2) is 5.16 Å². The van der Waals surface area contributed by atoms with Crippen LogP contribution in [0.5, 0.6) is 0 Å². The Bertz CT molecular complexity index is 962. The highest BCUT2D eigenvalue weighted by atomic mass is 32.2.